The molecule has 3 heterocycles. The number of aliphatic imine (C=N–C) groups is 1. The minimum atomic E-state index is -3.09. The number of sulfone groups is 1. The molecule has 1 fully saturated rings. The molecule has 0 spiro atoms. The summed E-state index contributed by atoms with van der Waals surface area (Å²) in [5.41, 5.74) is 3.00. The molecule has 10 heteroatoms. The van der Waals surface area contributed by atoms with Crippen molar-refractivity contribution < 1.29 is 18.0 Å². The molecule has 178 valence electrons. The molecule has 2 N–H and O–H groups in total. The van der Waals surface area contributed by atoms with E-state index in [0.717, 1.165) is 11.1 Å². The van der Waals surface area contributed by atoms with Gasteiger partial charge in [0, 0.05) is 30.4 Å². The highest BCUT2D eigenvalue weighted by Crippen LogP contribution is 2.24. The third-order valence-electron chi connectivity index (χ3n) is 5.94. The average molecular weight is 490 g/mol. The molecule has 1 atom stereocenters. The van der Waals surface area contributed by atoms with Crippen LogP contribution in [0.5, 0.6) is 0 Å². The van der Waals surface area contributed by atoms with Crippen molar-refractivity contribution >= 4 is 38.9 Å². The fraction of sp³-hybridized carbons (Fsp3) is 0.200. The number of aromatic nitrogens is 1. The molecule has 0 saturated carbocycles. The van der Waals surface area contributed by atoms with Crippen LogP contribution < -0.4 is 15.5 Å². The van der Waals surface area contributed by atoms with Crippen LogP contribution in [0.3, 0.4) is 0 Å². The monoisotopic (exact) mass is 489 g/mol. The highest BCUT2D eigenvalue weighted by molar-refractivity contribution is 7.91. The first-order valence-corrected chi connectivity index (χ1v) is 13.0. The second-order valence-electron chi connectivity index (χ2n) is 8.27. The van der Waals surface area contributed by atoms with Crippen LogP contribution in [-0.2, 0) is 14.6 Å². The molecular weight excluding hydrogens is 466 g/mol. The third kappa shape index (κ3) is 4.78. The molecule has 3 aromatic rings. The quantitative estimate of drug-likeness (QED) is 0.577. The van der Waals surface area contributed by atoms with Gasteiger partial charge in [0.2, 0.25) is 6.17 Å². The van der Waals surface area contributed by atoms with E-state index in [1.54, 1.807) is 29.3 Å². The summed E-state index contributed by atoms with van der Waals surface area (Å²) in [5.74, 6) is -0.614. The smallest absolute Gasteiger partial charge is 0.269 e. The van der Waals surface area contributed by atoms with Crippen molar-refractivity contribution in [3.05, 3.63) is 89.6 Å². The van der Waals surface area contributed by atoms with Gasteiger partial charge in [0.05, 0.1) is 28.5 Å². The predicted octanol–water partition coefficient (Wildman–Crippen LogP) is 1.86. The lowest BCUT2D eigenvalue weighted by molar-refractivity contribution is -0.117. The van der Waals surface area contributed by atoms with Crippen LogP contribution in [0, 0.1) is 0 Å². The van der Waals surface area contributed by atoms with Crippen molar-refractivity contribution in [1.29, 1.82) is 0 Å². The number of anilines is 2. The van der Waals surface area contributed by atoms with E-state index in [0.29, 0.717) is 17.2 Å². The summed E-state index contributed by atoms with van der Waals surface area (Å²) in [6, 6.07) is 20.0. The summed E-state index contributed by atoms with van der Waals surface area (Å²) in [6.45, 7) is 0.490. The third-order valence-corrected chi connectivity index (χ3v) is 7.55. The topological polar surface area (TPSA) is 121 Å². The van der Waals surface area contributed by atoms with Crippen LogP contribution in [0.1, 0.15) is 21.5 Å². The lowest BCUT2D eigenvalue weighted by Gasteiger charge is -2.29. The number of hydrogen-bond donors (Lipinski definition) is 2. The van der Waals surface area contributed by atoms with Crippen LogP contribution in [-0.4, -0.2) is 61.7 Å². The van der Waals surface area contributed by atoms with Crippen LogP contribution in [0.25, 0.3) is 0 Å². The molecule has 5 rings (SSSR count). The number of amides is 2. The van der Waals surface area contributed by atoms with Crippen molar-refractivity contribution in [3.63, 3.8) is 0 Å². The lowest BCUT2D eigenvalue weighted by Crippen LogP contribution is -2.44. The summed E-state index contributed by atoms with van der Waals surface area (Å²) in [5, 5.41) is 5.59. The Hall–Kier alpha value is -4.05. The standard InChI is InChI=1S/C25H23N5O4S/c31-24(19-10-6-12-26-23(19)30-13-15-35(33,34)16-14-30)29-22-25(32)27-20-11-5-4-9-18(20)21(28-22)17-7-2-1-3-8-17/h1-12,22H,13-16H2,(H,27,32)(H,29,31). The van der Waals surface area contributed by atoms with Crippen molar-refractivity contribution in [1.82, 2.24) is 10.3 Å². The Morgan fingerprint density at radius 1 is 0.971 bits per heavy atom. The minimum absolute atomic E-state index is 0.00134. The maximum absolute atomic E-state index is 13.3. The zero-order chi connectivity index (χ0) is 24.4. The number of nitrogens with zero attached hydrogens (tertiary/aromatic N) is 3. The van der Waals surface area contributed by atoms with E-state index >= 15 is 0 Å². The van der Waals surface area contributed by atoms with E-state index in [2.05, 4.69) is 20.6 Å². The van der Waals surface area contributed by atoms with Crippen LogP contribution >= 0.6 is 0 Å². The number of carbonyl (C=O) groups is 2. The Morgan fingerprint density at radius 2 is 1.69 bits per heavy atom. The van der Waals surface area contributed by atoms with E-state index in [1.165, 1.54) is 0 Å². The number of rotatable bonds is 4. The molecule has 35 heavy (non-hydrogen) atoms. The van der Waals surface area contributed by atoms with Gasteiger partial charge in [0.25, 0.3) is 11.8 Å². The van der Waals surface area contributed by atoms with Gasteiger partial charge < -0.3 is 15.5 Å². The first kappa shape index (κ1) is 22.7. The van der Waals surface area contributed by atoms with Crippen molar-refractivity contribution in [3.8, 4) is 0 Å². The van der Waals surface area contributed by atoms with Crippen LogP contribution in [0.15, 0.2) is 77.9 Å². The van der Waals surface area contributed by atoms with E-state index in [9.17, 15) is 18.0 Å². The minimum Gasteiger partial charge on any atom is -0.354 e. The van der Waals surface area contributed by atoms with Gasteiger partial charge in [-0.05, 0) is 18.2 Å². The number of hydrogen-bond acceptors (Lipinski definition) is 7. The summed E-state index contributed by atoms with van der Waals surface area (Å²) in [6.07, 6.45) is 0.371. The number of pyridine rings is 1. The molecule has 1 saturated heterocycles. The van der Waals surface area contributed by atoms with Crippen molar-refractivity contribution in [2.75, 3.05) is 34.8 Å². The number of para-hydroxylation sites is 1. The molecule has 1 aromatic heterocycles. The summed E-state index contributed by atoms with van der Waals surface area (Å²) in [4.78, 5) is 37.1. The van der Waals surface area contributed by atoms with Gasteiger partial charge in [0.15, 0.2) is 9.84 Å². The molecule has 9 nitrogen and oxygen atoms in total. The average Bonchev–Trinajstić information content (AvgIpc) is 3.01. The fourth-order valence-corrected chi connectivity index (χ4v) is 5.33. The van der Waals surface area contributed by atoms with E-state index < -0.39 is 27.8 Å². The van der Waals surface area contributed by atoms with Gasteiger partial charge in [-0.25, -0.2) is 18.4 Å². The summed E-state index contributed by atoms with van der Waals surface area (Å²) < 4.78 is 23.7. The zero-order valence-electron chi connectivity index (χ0n) is 18.7. The Balaban J connectivity index is 1.47. The van der Waals surface area contributed by atoms with Gasteiger partial charge in [-0.1, -0.05) is 48.5 Å². The van der Waals surface area contributed by atoms with Gasteiger partial charge in [-0.15, -0.1) is 0 Å². The maximum atomic E-state index is 13.3. The van der Waals surface area contributed by atoms with Gasteiger partial charge in [-0.2, -0.15) is 0 Å². The molecule has 1 unspecified atom stereocenters. The van der Waals surface area contributed by atoms with Crippen LogP contribution in [0.4, 0.5) is 11.5 Å². The number of benzene rings is 2. The van der Waals surface area contributed by atoms with E-state index in [4.69, 9.17) is 0 Å². The molecular formula is C25H23N5O4S. The predicted molar refractivity (Wildman–Crippen MR) is 134 cm³/mol. The van der Waals surface area contributed by atoms with Gasteiger partial charge >= 0.3 is 0 Å². The molecule has 0 aliphatic carbocycles. The Labute approximate surface area is 202 Å². The van der Waals surface area contributed by atoms with Crippen LogP contribution in [0.2, 0.25) is 0 Å². The summed E-state index contributed by atoms with van der Waals surface area (Å²) >= 11 is 0. The second kappa shape index (κ2) is 9.30. The molecule has 2 aliphatic heterocycles. The zero-order valence-corrected chi connectivity index (χ0v) is 19.5. The summed E-state index contributed by atoms with van der Waals surface area (Å²) in [7, 11) is -3.09. The Bertz CT molecular complexity index is 1410. The first-order chi connectivity index (χ1) is 16.9. The van der Waals surface area contributed by atoms with Crippen molar-refractivity contribution in [2.24, 2.45) is 4.99 Å². The van der Waals surface area contributed by atoms with Gasteiger partial charge in [-0.3, -0.25) is 9.59 Å². The second-order valence-corrected chi connectivity index (χ2v) is 10.6. The SMILES string of the molecule is O=C(NC1N=C(c2ccccc2)c2ccccc2NC1=O)c1cccnc1N1CCS(=O)(=O)CC1. The molecule has 0 radical (unpaired) electrons. The highest BCUT2D eigenvalue weighted by Gasteiger charge is 2.30. The molecule has 2 amide bonds. The lowest BCUT2D eigenvalue weighted by atomic mass is 10.0. The number of benzodiazepines with no additional fused rings is 1. The maximum Gasteiger partial charge on any atom is 0.269 e. The first-order valence-electron chi connectivity index (χ1n) is 11.2. The highest BCUT2D eigenvalue weighted by atomic mass is 32.2. The molecule has 2 aromatic carbocycles. The van der Waals surface area contributed by atoms with E-state index in [-0.39, 0.29) is 30.2 Å². The Kier molecular flexibility index (Phi) is 6.04. The normalized spacial score (nSPS) is 19.1. The number of nitrogens with one attached hydrogen (secondary N) is 2. The van der Waals surface area contributed by atoms with Gasteiger partial charge in [0.1, 0.15) is 5.82 Å². The number of fused-ring (bicyclic) bond motifs is 1. The molecule has 2 aliphatic rings. The molecule has 0 bridgehead atoms. The van der Waals surface area contributed by atoms with Crippen molar-refractivity contribution in [2.45, 2.75) is 6.17 Å². The number of carbonyl (C=O) groups excluding carboxylic acids is 2. The largest absolute Gasteiger partial charge is 0.354 e. The van der Waals surface area contributed by atoms with E-state index in [1.807, 2.05) is 48.5 Å². The Morgan fingerprint density at radius 3 is 2.46 bits per heavy atom. The fourth-order valence-electron chi connectivity index (χ4n) is 4.13.